The fourth-order valence-corrected chi connectivity index (χ4v) is 4.08. The van der Waals surface area contributed by atoms with E-state index in [0.717, 1.165) is 0 Å². The Morgan fingerprint density at radius 3 is 2.83 bits per heavy atom. The van der Waals surface area contributed by atoms with Gasteiger partial charge in [0.05, 0.1) is 0 Å². The highest BCUT2D eigenvalue weighted by atomic mass is 32.2. The smallest absolute Gasteiger partial charge is 0.123 e. The van der Waals surface area contributed by atoms with E-state index in [1.54, 1.807) is 6.07 Å². The summed E-state index contributed by atoms with van der Waals surface area (Å²) in [4.78, 5) is 0. The van der Waals surface area contributed by atoms with Crippen LogP contribution in [0, 0.1) is 5.82 Å². The molecule has 3 rings (SSSR count). The van der Waals surface area contributed by atoms with Crippen LogP contribution in [0.4, 0.5) is 4.39 Å². The molecule has 1 aromatic rings. The summed E-state index contributed by atoms with van der Waals surface area (Å²) in [6, 6.07) is 8.46. The van der Waals surface area contributed by atoms with Crippen molar-refractivity contribution in [2.75, 3.05) is 11.5 Å². The van der Waals surface area contributed by atoms with Crippen LogP contribution in [0.5, 0.6) is 0 Å². The molecule has 2 fully saturated rings. The van der Waals surface area contributed by atoms with E-state index < -0.39 is 0 Å². The first-order valence-corrected chi connectivity index (χ1v) is 8.06. The van der Waals surface area contributed by atoms with Gasteiger partial charge in [-0.25, -0.2) is 4.39 Å². The topological polar surface area (TPSA) is 12.0 Å². The minimum atomic E-state index is -0.104. The van der Waals surface area contributed by atoms with Gasteiger partial charge in [0.25, 0.3) is 0 Å². The summed E-state index contributed by atoms with van der Waals surface area (Å²) in [7, 11) is 0. The molecule has 1 unspecified atom stereocenters. The molecule has 0 spiro atoms. The van der Waals surface area contributed by atoms with Crippen LogP contribution in [0.2, 0.25) is 0 Å². The molecule has 1 atom stereocenters. The fraction of sp³-hybridized carbons (Fsp3) is 0.600. The van der Waals surface area contributed by atoms with Gasteiger partial charge in [0.1, 0.15) is 5.82 Å². The van der Waals surface area contributed by atoms with Gasteiger partial charge in [-0.3, -0.25) is 0 Å². The number of benzene rings is 1. The molecule has 1 heterocycles. The van der Waals surface area contributed by atoms with E-state index in [-0.39, 0.29) is 5.82 Å². The molecule has 0 bridgehead atoms. The number of rotatable bonds is 3. The van der Waals surface area contributed by atoms with Crippen molar-refractivity contribution >= 4 is 11.8 Å². The number of nitrogens with one attached hydrogen (secondary N) is 1. The van der Waals surface area contributed by atoms with Crippen molar-refractivity contribution in [1.82, 2.24) is 5.32 Å². The van der Waals surface area contributed by atoms with Gasteiger partial charge < -0.3 is 5.32 Å². The molecule has 98 valence electrons. The van der Waals surface area contributed by atoms with E-state index in [0.29, 0.717) is 18.0 Å². The van der Waals surface area contributed by atoms with Gasteiger partial charge in [0, 0.05) is 17.8 Å². The SMILES string of the molecule is Fc1cccc(C2CC(NC3CCCSC3)C2)c1. The predicted octanol–water partition coefficient (Wildman–Crippen LogP) is 3.56. The molecule has 18 heavy (non-hydrogen) atoms. The highest BCUT2D eigenvalue weighted by molar-refractivity contribution is 7.99. The Balaban J connectivity index is 1.48. The van der Waals surface area contributed by atoms with Gasteiger partial charge in [-0.2, -0.15) is 11.8 Å². The molecule has 1 N–H and O–H groups in total. The Labute approximate surface area is 113 Å². The highest BCUT2D eigenvalue weighted by Gasteiger charge is 2.32. The van der Waals surface area contributed by atoms with Crippen LogP contribution in [-0.2, 0) is 0 Å². The second kappa shape index (κ2) is 5.62. The zero-order valence-electron chi connectivity index (χ0n) is 10.6. The van der Waals surface area contributed by atoms with E-state index in [1.807, 2.05) is 6.07 Å². The first-order chi connectivity index (χ1) is 8.81. The van der Waals surface area contributed by atoms with E-state index >= 15 is 0 Å². The van der Waals surface area contributed by atoms with Crippen molar-refractivity contribution in [3.05, 3.63) is 35.6 Å². The van der Waals surface area contributed by atoms with Crippen LogP contribution in [0.15, 0.2) is 24.3 Å². The molecule has 1 aromatic carbocycles. The number of hydrogen-bond donors (Lipinski definition) is 1. The summed E-state index contributed by atoms with van der Waals surface area (Å²) >= 11 is 2.07. The van der Waals surface area contributed by atoms with Crippen molar-refractivity contribution in [3.8, 4) is 0 Å². The second-order valence-electron chi connectivity index (χ2n) is 5.50. The summed E-state index contributed by atoms with van der Waals surface area (Å²) in [5.74, 6) is 3.05. The molecule has 1 saturated carbocycles. The molecule has 0 aromatic heterocycles. The number of hydrogen-bond acceptors (Lipinski definition) is 2. The molecule has 0 amide bonds. The minimum absolute atomic E-state index is 0.104. The first-order valence-electron chi connectivity index (χ1n) is 6.90. The second-order valence-corrected chi connectivity index (χ2v) is 6.65. The van der Waals surface area contributed by atoms with E-state index in [9.17, 15) is 4.39 Å². The third-order valence-corrected chi connectivity index (χ3v) is 5.31. The molecule has 0 radical (unpaired) electrons. The van der Waals surface area contributed by atoms with Crippen molar-refractivity contribution in [2.24, 2.45) is 0 Å². The Kier molecular flexibility index (Phi) is 3.90. The Morgan fingerprint density at radius 1 is 1.22 bits per heavy atom. The largest absolute Gasteiger partial charge is 0.310 e. The maximum atomic E-state index is 13.1. The van der Waals surface area contributed by atoms with Gasteiger partial charge in [-0.1, -0.05) is 12.1 Å². The van der Waals surface area contributed by atoms with Crippen molar-refractivity contribution < 1.29 is 4.39 Å². The van der Waals surface area contributed by atoms with Gasteiger partial charge >= 0.3 is 0 Å². The summed E-state index contributed by atoms with van der Waals surface area (Å²) in [6.07, 6.45) is 5.02. The molecule has 1 saturated heterocycles. The van der Waals surface area contributed by atoms with E-state index in [2.05, 4.69) is 23.1 Å². The lowest BCUT2D eigenvalue weighted by Gasteiger charge is -2.39. The molecule has 1 aliphatic carbocycles. The quantitative estimate of drug-likeness (QED) is 0.897. The third-order valence-electron chi connectivity index (χ3n) is 4.09. The van der Waals surface area contributed by atoms with Crippen molar-refractivity contribution in [2.45, 2.75) is 43.7 Å². The average Bonchev–Trinajstić information content (AvgIpc) is 2.34. The first kappa shape index (κ1) is 12.5. The van der Waals surface area contributed by atoms with Crippen molar-refractivity contribution in [1.29, 1.82) is 0 Å². The van der Waals surface area contributed by atoms with E-state index in [1.165, 1.54) is 48.8 Å². The van der Waals surface area contributed by atoms with Crippen LogP contribution in [0.1, 0.15) is 37.2 Å². The van der Waals surface area contributed by atoms with E-state index in [4.69, 9.17) is 0 Å². The molecule has 2 aliphatic rings. The standard InChI is InChI=1S/C15H20FNS/c16-13-4-1-3-11(7-13)12-8-15(9-12)17-14-5-2-6-18-10-14/h1,3-4,7,12,14-15,17H,2,5-6,8-10H2. The van der Waals surface area contributed by atoms with Crippen LogP contribution in [-0.4, -0.2) is 23.6 Å². The van der Waals surface area contributed by atoms with Crippen LogP contribution in [0.3, 0.4) is 0 Å². The summed E-state index contributed by atoms with van der Waals surface area (Å²) in [6.45, 7) is 0. The fourth-order valence-electron chi connectivity index (χ4n) is 2.99. The number of thioether (sulfide) groups is 1. The number of halogens is 1. The summed E-state index contributed by atoms with van der Waals surface area (Å²) in [5.41, 5.74) is 1.17. The molecule has 1 nitrogen and oxygen atoms in total. The zero-order chi connectivity index (χ0) is 12.4. The van der Waals surface area contributed by atoms with Gasteiger partial charge in [0.15, 0.2) is 0 Å². The van der Waals surface area contributed by atoms with Crippen molar-refractivity contribution in [3.63, 3.8) is 0 Å². The zero-order valence-corrected chi connectivity index (χ0v) is 11.4. The maximum Gasteiger partial charge on any atom is 0.123 e. The lowest BCUT2D eigenvalue weighted by molar-refractivity contribution is 0.264. The van der Waals surface area contributed by atoms with Crippen LogP contribution in [0.25, 0.3) is 0 Å². The highest BCUT2D eigenvalue weighted by Crippen LogP contribution is 2.37. The normalized spacial score (nSPS) is 31.9. The molecular formula is C15H20FNS. The van der Waals surface area contributed by atoms with Crippen LogP contribution < -0.4 is 5.32 Å². The average molecular weight is 265 g/mol. The summed E-state index contributed by atoms with van der Waals surface area (Å²) < 4.78 is 13.1. The molecule has 3 heteroatoms. The van der Waals surface area contributed by atoms with Crippen LogP contribution >= 0.6 is 11.8 Å². The molecular weight excluding hydrogens is 245 g/mol. The Morgan fingerprint density at radius 2 is 2.11 bits per heavy atom. The lowest BCUT2D eigenvalue weighted by Crippen LogP contribution is -2.47. The predicted molar refractivity (Wildman–Crippen MR) is 75.6 cm³/mol. The lowest BCUT2D eigenvalue weighted by atomic mass is 9.75. The van der Waals surface area contributed by atoms with Gasteiger partial charge in [-0.15, -0.1) is 0 Å². The van der Waals surface area contributed by atoms with Gasteiger partial charge in [-0.05, 0) is 55.1 Å². The summed E-state index contributed by atoms with van der Waals surface area (Å²) in [5, 5.41) is 3.76. The Bertz CT molecular complexity index is 397. The molecule has 1 aliphatic heterocycles. The third kappa shape index (κ3) is 2.89. The Hall–Kier alpha value is -0.540. The monoisotopic (exact) mass is 265 g/mol. The minimum Gasteiger partial charge on any atom is -0.310 e. The van der Waals surface area contributed by atoms with Gasteiger partial charge in [0.2, 0.25) is 0 Å². The maximum absolute atomic E-state index is 13.1.